The third kappa shape index (κ3) is 11.2. The Labute approximate surface area is 92.4 Å². The quantitative estimate of drug-likeness (QED) is 0.512. The highest BCUT2D eigenvalue weighted by Gasteiger charge is 1.96. The summed E-state index contributed by atoms with van der Waals surface area (Å²) in [6, 6.07) is 0. The van der Waals surface area contributed by atoms with Crippen LogP contribution in [0.1, 0.15) is 2.85 Å². The summed E-state index contributed by atoms with van der Waals surface area (Å²) in [5, 5.41) is 0. The predicted molar refractivity (Wildman–Crippen MR) is 60.2 cm³/mol. The number of amides is 2. The monoisotopic (exact) mass is 244 g/mol. The number of ether oxygens (including phenoxy) is 2. The van der Waals surface area contributed by atoms with Crippen molar-refractivity contribution in [2.24, 2.45) is 11.5 Å². The second kappa shape index (κ2) is 8.82. The van der Waals surface area contributed by atoms with E-state index >= 15 is 0 Å². The van der Waals surface area contributed by atoms with Crippen LogP contribution in [-0.4, -0.2) is 36.9 Å². The standard InChI is InChI=1S/C6H12N2O4S2.2H2/c7-5(9)11-1-3-13-14-4-2-12-6(8)10;;/h1-4H2,(H2,7,9)(H2,8,10);2*1H. The van der Waals surface area contributed by atoms with Crippen molar-refractivity contribution >= 4 is 33.8 Å². The lowest BCUT2D eigenvalue weighted by Crippen LogP contribution is -2.15. The molecule has 0 heterocycles. The van der Waals surface area contributed by atoms with Crippen LogP contribution in [0.5, 0.6) is 0 Å². The second-order valence-electron chi connectivity index (χ2n) is 1.98. The molecule has 0 saturated carbocycles. The Bertz CT molecular complexity index is 179. The molecular weight excluding hydrogens is 228 g/mol. The molecule has 0 fully saturated rings. The van der Waals surface area contributed by atoms with E-state index in [1.54, 1.807) is 0 Å². The highest BCUT2D eigenvalue weighted by molar-refractivity contribution is 8.76. The van der Waals surface area contributed by atoms with Crippen LogP contribution in [0.3, 0.4) is 0 Å². The number of carbonyl (C=O) groups is 2. The van der Waals surface area contributed by atoms with Crippen LogP contribution in [0.2, 0.25) is 0 Å². The largest absolute Gasteiger partial charge is 0.449 e. The zero-order valence-corrected chi connectivity index (χ0v) is 9.07. The maximum absolute atomic E-state index is 10.1. The maximum atomic E-state index is 10.1. The Kier molecular flexibility index (Phi) is 8.34. The summed E-state index contributed by atoms with van der Waals surface area (Å²) >= 11 is 0. The van der Waals surface area contributed by atoms with E-state index in [1.165, 1.54) is 21.6 Å². The van der Waals surface area contributed by atoms with Gasteiger partial charge >= 0.3 is 12.2 Å². The van der Waals surface area contributed by atoms with Gasteiger partial charge in [0.25, 0.3) is 0 Å². The van der Waals surface area contributed by atoms with Crippen LogP contribution < -0.4 is 11.5 Å². The van der Waals surface area contributed by atoms with Crippen molar-refractivity contribution < 1.29 is 21.9 Å². The molecule has 0 aliphatic carbocycles. The summed E-state index contributed by atoms with van der Waals surface area (Å²) in [6.45, 7) is 0.563. The van der Waals surface area contributed by atoms with E-state index < -0.39 is 12.2 Å². The molecule has 8 heteroatoms. The van der Waals surface area contributed by atoms with Gasteiger partial charge in [-0.3, -0.25) is 0 Å². The smallest absolute Gasteiger partial charge is 0.404 e. The maximum Gasteiger partial charge on any atom is 0.404 e. The summed E-state index contributed by atoms with van der Waals surface area (Å²) < 4.78 is 8.97. The number of primary amides is 2. The minimum atomic E-state index is -0.771. The molecule has 0 aliphatic rings. The van der Waals surface area contributed by atoms with Gasteiger partial charge in [-0.15, -0.1) is 0 Å². The Morgan fingerprint density at radius 1 is 1.00 bits per heavy atom. The van der Waals surface area contributed by atoms with Gasteiger partial charge in [0.1, 0.15) is 13.2 Å². The Balaban J connectivity index is -0.000000845. The summed E-state index contributed by atoms with van der Waals surface area (Å²) in [7, 11) is 3.00. The van der Waals surface area contributed by atoms with Crippen LogP contribution in [-0.2, 0) is 9.47 Å². The SMILES string of the molecule is NC(=O)OCCSSCCOC(N)=O.[HH].[HH]. The van der Waals surface area contributed by atoms with Crippen molar-refractivity contribution in [3.05, 3.63) is 0 Å². The van der Waals surface area contributed by atoms with Crippen LogP contribution >= 0.6 is 21.6 Å². The van der Waals surface area contributed by atoms with Gasteiger partial charge in [0, 0.05) is 14.4 Å². The molecule has 0 unspecified atom stereocenters. The lowest BCUT2D eigenvalue weighted by molar-refractivity contribution is 0.163. The fourth-order valence-electron chi connectivity index (χ4n) is 0.470. The molecule has 0 bridgehead atoms. The second-order valence-corrected chi connectivity index (χ2v) is 4.68. The predicted octanol–water partition coefficient (Wildman–Crippen LogP) is 1.05. The molecule has 0 aromatic carbocycles. The topological polar surface area (TPSA) is 105 Å². The number of carbonyl (C=O) groups excluding carboxylic acids is 2. The average molecular weight is 244 g/mol. The molecule has 0 rings (SSSR count). The number of hydrogen-bond acceptors (Lipinski definition) is 6. The molecular formula is C6H16N2O4S2. The zero-order chi connectivity index (χ0) is 10.8. The molecule has 2 amide bonds. The van der Waals surface area contributed by atoms with E-state index in [2.05, 4.69) is 9.47 Å². The lowest BCUT2D eigenvalue weighted by Gasteiger charge is -2.01. The third-order valence-electron chi connectivity index (χ3n) is 0.905. The van der Waals surface area contributed by atoms with E-state index in [1.807, 2.05) is 0 Å². The molecule has 0 aromatic heterocycles. The fourth-order valence-corrected chi connectivity index (χ4v) is 2.12. The molecule has 0 saturated heterocycles. The highest BCUT2D eigenvalue weighted by atomic mass is 33.1. The Hall–Kier alpha value is -0.760. The van der Waals surface area contributed by atoms with E-state index in [-0.39, 0.29) is 16.1 Å². The van der Waals surface area contributed by atoms with E-state index in [9.17, 15) is 9.59 Å². The summed E-state index contributed by atoms with van der Waals surface area (Å²) in [4.78, 5) is 20.2. The van der Waals surface area contributed by atoms with Gasteiger partial charge in [-0.05, 0) is 0 Å². The molecule has 86 valence electrons. The van der Waals surface area contributed by atoms with Gasteiger partial charge in [0.2, 0.25) is 0 Å². The lowest BCUT2D eigenvalue weighted by atomic mass is 10.8. The summed E-state index contributed by atoms with van der Waals surface area (Å²) in [5.74, 6) is 1.29. The summed E-state index contributed by atoms with van der Waals surface area (Å²) in [6.07, 6.45) is -1.54. The van der Waals surface area contributed by atoms with Crippen molar-refractivity contribution in [3.63, 3.8) is 0 Å². The molecule has 0 radical (unpaired) electrons. The van der Waals surface area contributed by atoms with Gasteiger partial charge in [-0.1, -0.05) is 21.6 Å². The van der Waals surface area contributed by atoms with Crippen molar-refractivity contribution in [1.82, 2.24) is 0 Å². The first-order chi connectivity index (χ1) is 6.63. The van der Waals surface area contributed by atoms with Gasteiger partial charge < -0.3 is 20.9 Å². The average Bonchev–Trinajstić information content (AvgIpc) is 2.08. The van der Waals surface area contributed by atoms with Gasteiger partial charge in [-0.25, -0.2) is 9.59 Å². The van der Waals surface area contributed by atoms with E-state index in [4.69, 9.17) is 11.5 Å². The van der Waals surface area contributed by atoms with Crippen molar-refractivity contribution in [3.8, 4) is 0 Å². The minimum absolute atomic E-state index is 0. The van der Waals surface area contributed by atoms with Crippen LogP contribution in [0.4, 0.5) is 9.59 Å². The Morgan fingerprint density at radius 2 is 1.36 bits per heavy atom. The minimum Gasteiger partial charge on any atom is -0.449 e. The van der Waals surface area contributed by atoms with E-state index in [0.29, 0.717) is 11.5 Å². The number of hydrogen-bond donors (Lipinski definition) is 2. The first-order valence-electron chi connectivity index (χ1n) is 3.72. The van der Waals surface area contributed by atoms with Crippen LogP contribution in [0.25, 0.3) is 0 Å². The molecule has 0 spiro atoms. The van der Waals surface area contributed by atoms with Crippen LogP contribution in [0, 0.1) is 0 Å². The fraction of sp³-hybridized carbons (Fsp3) is 0.667. The molecule has 14 heavy (non-hydrogen) atoms. The molecule has 0 aliphatic heterocycles. The highest BCUT2D eigenvalue weighted by Crippen LogP contribution is 2.19. The normalized spacial score (nSPS) is 9.43. The van der Waals surface area contributed by atoms with Crippen molar-refractivity contribution in [2.75, 3.05) is 24.7 Å². The van der Waals surface area contributed by atoms with Gasteiger partial charge in [0.05, 0.1) is 0 Å². The zero-order valence-electron chi connectivity index (χ0n) is 7.43. The van der Waals surface area contributed by atoms with E-state index in [0.717, 1.165) is 0 Å². The molecule has 6 nitrogen and oxygen atoms in total. The first-order valence-corrected chi connectivity index (χ1v) is 6.20. The van der Waals surface area contributed by atoms with Crippen molar-refractivity contribution in [2.45, 2.75) is 0 Å². The van der Waals surface area contributed by atoms with Gasteiger partial charge in [-0.2, -0.15) is 0 Å². The summed E-state index contributed by atoms with van der Waals surface area (Å²) in [5.41, 5.74) is 9.48. The van der Waals surface area contributed by atoms with Gasteiger partial charge in [0.15, 0.2) is 0 Å². The Morgan fingerprint density at radius 3 is 1.64 bits per heavy atom. The number of rotatable bonds is 7. The first kappa shape index (κ1) is 13.2. The number of nitrogens with two attached hydrogens (primary N) is 2. The molecule has 0 atom stereocenters. The van der Waals surface area contributed by atoms with Crippen molar-refractivity contribution in [1.29, 1.82) is 0 Å². The van der Waals surface area contributed by atoms with Crippen LogP contribution in [0.15, 0.2) is 0 Å². The molecule has 0 aromatic rings. The third-order valence-corrected chi connectivity index (χ3v) is 3.24. The molecule has 4 N–H and O–H groups in total.